The van der Waals surface area contributed by atoms with E-state index in [1.165, 1.54) is 4.88 Å². The highest BCUT2D eigenvalue weighted by Crippen LogP contribution is 2.13. The van der Waals surface area contributed by atoms with Crippen molar-refractivity contribution in [3.05, 3.63) is 16.1 Å². The van der Waals surface area contributed by atoms with Crippen LogP contribution in [-0.2, 0) is 17.7 Å². The molecule has 0 aromatic carbocycles. The normalized spacial score (nSPS) is 20.1. The number of hydrogen-bond acceptors (Lipinski definition) is 5. The van der Waals surface area contributed by atoms with Gasteiger partial charge in [-0.1, -0.05) is 6.92 Å². The molecular weight excluding hydrogens is 298 g/mol. The number of aryl methyl sites for hydroxylation is 1. The smallest absolute Gasteiger partial charge is 0.191 e. The van der Waals surface area contributed by atoms with E-state index in [0.717, 1.165) is 50.2 Å². The van der Waals surface area contributed by atoms with E-state index in [1.807, 2.05) is 6.20 Å². The number of thiazole rings is 1. The summed E-state index contributed by atoms with van der Waals surface area (Å²) >= 11 is 1.73. The van der Waals surface area contributed by atoms with Gasteiger partial charge in [-0.05, 0) is 20.4 Å². The zero-order valence-corrected chi connectivity index (χ0v) is 14.6. The fourth-order valence-electron chi connectivity index (χ4n) is 2.27. The Bertz CT molecular complexity index is 476. The Morgan fingerprint density at radius 3 is 3.05 bits per heavy atom. The predicted octanol–water partition coefficient (Wildman–Crippen LogP) is 1.09. The predicted molar refractivity (Wildman–Crippen MR) is 91.5 cm³/mol. The molecule has 124 valence electrons. The van der Waals surface area contributed by atoms with Crippen molar-refractivity contribution in [2.75, 3.05) is 39.8 Å². The zero-order valence-electron chi connectivity index (χ0n) is 13.8. The Morgan fingerprint density at radius 1 is 1.50 bits per heavy atom. The van der Waals surface area contributed by atoms with Gasteiger partial charge in [-0.2, -0.15) is 0 Å². The van der Waals surface area contributed by atoms with Gasteiger partial charge in [0.2, 0.25) is 0 Å². The standard InChI is InChI=1S/C15H27N5OS/c1-4-13-9-17-14(22-13)10-19-15(16-5-2)18-8-12-11-20(3)6-7-21-12/h9,12H,4-8,10-11H2,1-3H3,(H2,16,18,19). The Kier molecular flexibility index (Phi) is 7.08. The molecule has 0 bridgehead atoms. The lowest BCUT2D eigenvalue weighted by Gasteiger charge is -2.30. The molecule has 2 heterocycles. The van der Waals surface area contributed by atoms with Crippen molar-refractivity contribution < 1.29 is 4.74 Å². The molecule has 1 unspecified atom stereocenters. The lowest BCUT2D eigenvalue weighted by molar-refractivity contribution is -0.0161. The van der Waals surface area contributed by atoms with E-state index >= 15 is 0 Å². The van der Waals surface area contributed by atoms with Crippen molar-refractivity contribution in [3.63, 3.8) is 0 Å². The lowest BCUT2D eigenvalue weighted by Crippen LogP contribution is -2.48. The van der Waals surface area contributed by atoms with Gasteiger partial charge in [0.15, 0.2) is 5.96 Å². The lowest BCUT2D eigenvalue weighted by atomic mass is 10.3. The number of aliphatic imine (C=N–C) groups is 1. The summed E-state index contributed by atoms with van der Waals surface area (Å²) in [5.74, 6) is 0.826. The molecule has 6 nitrogen and oxygen atoms in total. The molecule has 1 aliphatic heterocycles. The molecule has 2 N–H and O–H groups in total. The van der Waals surface area contributed by atoms with E-state index in [2.05, 4.69) is 46.4 Å². The Balaban J connectivity index is 1.83. The minimum Gasteiger partial charge on any atom is -0.374 e. The molecule has 0 saturated carbocycles. The summed E-state index contributed by atoms with van der Waals surface area (Å²) in [5.41, 5.74) is 0. The van der Waals surface area contributed by atoms with Gasteiger partial charge in [-0.25, -0.2) is 9.98 Å². The average molecular weight is 325 g/mol. The van der Waals surface area contributed by atoms with Crippen molar-refractivity contribution in [2.45, 2.75) is 32.9 Å². The average Bonchev–Trinajstić information content (AvgIpc) is 2.98. The maximum atomic E-state index is 5.76. The first-order chi connectivity index (χ1) is 10.7. The van der Waals surface area contributed by atoms with Crippen LogP contribution in [0.15, 0.2) is 11.2 Å². The van der Waals surface area contributed by atoms with Crippen LogP contribution in [0, 0.1) is 0 Å². The molecule has 1 atom stereocenters. The van der Waals surface area contributed by atoms with Crippen LogP contribution in [0.5, 0.6) is 0 Å². The third-order valence-corrected chi connectivity index (χ3v) is 4.63. The van der Waals surface area contributed by atoms with Crippen molar-refractivity contribution in [1.29, 1.82) is 0 Å². The van der Waals surface area contributed by atoms with Gasteiger partial charge in [-0.3, -0.25) is 0 Å². The van der Waals surface area contributed by atoms with Crippen molar-refractivity contribution in [2.24, 2.45) is 4.99 Å². The quantitative estimate of drug-likeness (QED) is 0.606. The number of morpholine rings is 1. The van der Waals surface area contributed by atoms with Gasteiger partial charge in [-0.15, -0.1) is 11.3 Å². The molecule has 22 heavy (non-hydrogen) atoms. The van der Waals surface area contributed by atoms with Crippen LogP contribution in [0.25, 0.3) is 0 Å². The van der Waals surface area contributed by atoms with E-state index in [-0.39, 0.29) is 6.10 Å². The molecule has 1 aromatic rings. The monoisotopic (exact) mass is 325 g/mol. The Morgan fingerprint density at radius 2 is 2.36 bits per heavy atom. The number of likely N-dealkylation sites (N-methyl/N-ethyl adjacent to an activating group) is 1. The maximum Gasteiger partial charge on any atom is 0.191 e. The molecule has 1 aromatic heterocycles. The van der Waals surface area contributed by atoms with Gasteiger partial charge in [0.1, 0.15) is 5.01 Å². The fraction of sp³-hybridized carbons (Fsp3) is 0.733. The second kappa shape index (κ2) is 9.07. The molecule has 7 heteroatoms. The molecule has 0 radical (unpaired) electrons. The van der Waals surface area contributed by atoms with Gasteiger partial charge in [0.25, 0.3) is 0 Å². The van der Waals surface area contributed by atoms with Crippen LogP contribution in [-0.4, -0.2) is 61.8 Å². The highest BCUT2D eigenvalue weighted by Gasteiger charge is 2.17. The van der Waals surface area contributed by atoms with E-state index in [0.29, 0.717) is 6.54 Å². The molecule has 1 fully saturated rings. The minimum atomic E-state index is 0.217. The summed E-state index contributed by atoms with van der Waals surface area (Å²) in [6.45, 7) is 9.21. The summed E-state index contributed by atoms with van der Waals surface area (Å²) in [4.78, 5) is 12.6. The van der Waals surface area contributed by atoms with E-state index < -0.39 is 0 Å². The summed E-state index contributed by atoms with van der Waals surface area (Å²) in [6, 6.07) is 0. The number of hydrogen-bond donors (Lipinski definition) is 2. The highest BCUT2D eigenvalue weighted by molar-refractivity contribution is 7.11. The maximum absolute atomic E-state index is 5.76. The number of guanidine groups is 1. The first-order valence-corrected chi connectivity index (χ1v) is 8.78. The van der Waals surface area contributed by atoms with Crippen LogP contribution >= 0.6 is 11.3 Å². The topological polar surface area (TPSA) is 61.8 Å². The number of nitrogens with zero attached hydrogens (tertiary/aromatic N) is 3. The minimum absolute atomic E-state index is 0.217. The Hall–Kier alpha value is -1.18. The van der Waals surface area contributed by atoms with Crippen LogP contribution in [0.4, 0.5) is 0 Å². The van der Waals surface area contributed by atoms with E-state index in [1.54, 1.807) is 11.3 Å². The van der Waals surface area contributed by atoms with Crippen molar-refractivity contribution in [1.82, 2.24) is 20.5 Å². The van der Waals surface area contributed by atoms with Gasteiger partial charge in [0.05, 0.1) is 19.3 Å². The third kappa shape index (κ3) is 5.55. The molecule has 1 aliphatic rings. The van der Waals surface area contributed by atoms with Gasteiger partial charge < -0.3 is 20.3 Å². The van der Waals surface area contributed by atoms with Gasteiger partial charge in [0, 0.05) is 37.3 Å². The van der Waals surface area contributed by atoms with E-state index in [4.69, 9.17) is 4.74 Å². The Labute approximate surface area is 137 Å². The third-order valence-electron chi connectivity index (χ3n) is 3.51. The van der Waals surface area contributed by atoms with Crippen molar-refractivity contribution in [3.8, 4) is 0 Å². The highest BCUT2D eigenvalue weighted by atomic mass is 32.1. The van der Waals surface area contributed by atoms with Crippen molar-refractivity contribution >= 4 is 17.3 Å². The first kappa shape index (κ1) is 17.2. The zero-order chi connectivity index (χ0) is 15.8. The SMILES string of the molecule is CCNC(=NCc1ncc(CC)s1)NCC1CN(C)CCO1. The number of aromatic nitrogens is 1. The summed E-state index contributed by atoms with van der Waals surface area (Å²) in [6.07, 6.45) is 3.20. The van der Waals surface area contributed by atoms with Crippen LogP contribution in [0.1, 0.15) is 23.7 Å². The van der Waals surface area contributed by atoms with Crippen LogP contribution in [0.3, 0.4) is 0 Å². The molecule has 0 amide bonds. The van der Waals surface area contributed by atoms with E-state index in [9.17, 15) is 0 Å². The summed E-state index contributed by atoms with van der Waals surface area (Å²) in [7, 11) is 2.13. The number of rotatable bonds is 6. The fourth-order valence-corrected chi connectivity index (χ4v) is 3.06. The molecule has 0 spiro atoms. The summed E-state index contributed by atoms with van der Waals surface area (Å²) < 4.78 is 5.76. The second-order valence-corrected chi connectivity index (χ2v) is 6.60. The largest absolute Gasteiger partial charge is 0.374 e. The second-order valence-electron chi connectivity index (χ2n) is 5.40. The molecule has 2 rings (SSSR count). The summed E-state index contributed by atoms with van der Waals surface area (Å²) in [5, 5.41) is 7.70. The van der Waals surface area contributed by atoms with Gasteiger partial charge >= 0.3 is 0 Å². The number of ether oxygens (including phenoxy) is 1. The first-order valence-electron chi connectivity index (χ1n) is 7.97. The number of nitrogens with one attached hydrogen (secondary N) is 2. The molecule has 1 saturated heterocycles. The van der Waals surface area contributed by atoms with Crippen LogP contribution < -0.4 is 10.6 Å². The van der Waals surface area contributed by atoms with Crippen LogP contribution in [0.2, 0.25) is 0 Å². The molecular formula is C15H27N5OS. The molecule has 0 aliphatic carbocycles.